The molecule has 0 saturated carbocycles. The van der Waals surface area contributed by atoms with Gasteiger partial charge in [0, 0.05) is 25.0 Å². The molecular weight excluding hydrogens is 276 g/mol. The minimum Gasteiger partial charge on any atom is -0.507 e. The second-order valence-corrected chi connectivity index (χ2v) is 4.59. The first-order chi connectivity index (χ1) is 10.1. The zero-order valence-electron chi connectivity index (χ0n) is 11.9. The fourth-order valence-electron chi connectivity index (χ4n) is 2.07. The van der Waals surface area contributed by atoms with Gasteiger partial charge in [0.05, 0.1) is 19.8 Å². The van der Waals surface area contributed by atoms with Crippen molar-refractivity contribution >= 4 is 11.8 Å². The Morgan fingerprint density at radius 1 is 1.43 bits per heavy atom. The molecule has 6 heteroatoms. The lowest BCUT2D eigenvalue weighted by Crippen LogP contribution is -2.15. The lowest BCUT2D eigenvalue weighted by molar-refractivity contribution is -0.143. The molecule has 0 bridgehead atoms. The number of carbonyl (C=O) groups excluding carboxylic acids is 2. The van der Waals surface area contributed by atoms with Gasteiger partial charge in [0.25, 0.3) is 0 Å². The van der Waals surface area contributed by atoms with E-state index < -0.39 is 0 Å². The monoisotopic (exact) mass is 294 g/mol. The Balaban J connectivity index is 1.91. The van der Waals surface area contributed by atoms with Crippen molar-refractivity contribution in [2.24, 2.45) is 0 Å². The molecule has 1 aromatic carbocycles. The molecule has 0 atom stereocenters. The van der Waals surface area contributed by atoms with Crippen LogP contribution in [0.15, 0.2) is 12.1 Å². The van der Waals surface area contributed by atoms with Crippen molar-refractivity contribution in [1.82, 2.24) is 0 Å². The molecule has 21 heavy (non-hydrogen) atoms. The number of benzene rings is 1. The maximum atomic E-state index is 11.7. The number of aromatic hydroxyl groups is 1. The Bertz CT molecular complexity index is 537. The minimum atomic E-state index is -0.261. The lowest BCUT2D eigenvalue weighted by atomic mass is 10.0. The van der Waals surface area contributed by atoms with Gasteiger partial charge in [0.15, 0.2) is 5.78 Å². The normalized spacial score (nSPS) is 13.3. The van der Waals surface area contributed by atoms with E-state index in [4.69, 9.17) is 14.2 Å². The van der Waals surface area contributed by atoms with Gasteiger partial charge in [0.2, 0.25) is 0 Å². The van der Waals surface area contributed by atoms with E-state index in [9.17, 15) is 14.7 Å². The van der Waals surface area contributed by atoms with Crippen LogP contribution in [-0.4, -0.2) is 36.7 Å². The highest BCUT2D eigenvalue weighted by atomic mass is 16.5. The van der Waals surface area contributed by atoms with Crippen LogP contribution in [0.4, 0.5) is 0 Å². The van der Waals surface area contributed by atoms with Crippen LogP contribution < -0.4 is 9.47 Å². The molecule has 0 saturated heterocycles. The Hall–Kier alpha value is -2.24. The highest BCUT2D eigenvalue weighted by molar-refractivity contribution is 6.02. The van der Waals surface area contributed by atoms with E-state index in [0.29, 0.717) is 37.7 Å². The molecule has 1 aromatic rings. The van der Waals surface area contributed by atoms with Crippen LogP contribution in [0, 0.1) is 0 Å². The van der Waals surface area contributed by atoms with Crippen molar-refractivity contribution in [3.05, 3.63) is 17.7 Å². The van der Waals surface area contributed by atoms with E-state index in [-0.39, 0.29) is 35.9 Å². The van der Waals surface area contributed by atoms with Gasteiger partial charge in [0.1, 0.15) is 22.8 Å². The first-order valence-electron chi connectivity index (χ1n) is 6.93. The van der Waals surface area contributed by atoms with Crippen molar-refractivity contribution < 1.29 is 28.9 Å². The maximum absolute atomic E-state index is 11.7. The number of carbonyl (C=O) groups is 2. The number of Topliss-reactive ketones (excluding diaryl/α,β-unsaturated/α-hetero) is 1. The summed E-state index contributed by atoms with van der Waals surface area (Å²) >= 11 is 0. The number of fused-ring (bicyclic) bond motifs is 1. The van der Waals surface area contributed by atoms with Crippen molar-refractivity contribution in [2.45, 2.75) is 26.2 Å². The summed E-state index contributed by atoms with van der Waals surface area (Å²) in [4.78, 5) is 22.8. The first-order valence-corrected chi connectivity index (χ1v) is 6.93. The van der Waals surface area contributed by atoms with Crippen LogP contribution in [0.5, 0.6) is 17.2 Å². The summed E-state index contributed by atoms with van der Waals surface area (Å²) in [5.74, 6) is 0.208. The van der Waals surface area contributed by atoms with Gasteiger partial charge in [-0.3, -0.25) is 9.59 Å². The van der Waals surface area contributed by atoms with Gasteiger partial charge in [-0.2, -0.15) is 0 Å². The average Bonchev–Trinajstić information content (AvgIpc) is 2.44. The fraction of sp³-hybridized carbons (Fsp3) is 0.467. The lowest BCUT2D eigenvalue weighted by Gasteiger charge is -2.18. The largest absolute Gasteiger partial charge is 0.507 e. The minimum absolute atomic E-state index is 0.136. The summed E-state index contributed by atoms with van der Waals surface area (Å²) in [5, 5.41) is 9.87. The molecule has 114 valence electrons. The zero-order valence-corrected chi connectivity index (χ0v) is 11.9. The van der Waals surface area contributed by atoms with Crippen molar-refractivity contribution in [2.75, 3.05) is 19.8 Å². The third kappa shape index (κ3) is 3.87. The Labute approximate surface area is 122 Å². The molecule has 2 rings (SSSR count). The van der Waals surface area contributed by atoms with E-state index in [1.807, 2.05) is 0 Å². The topological polar surface area (TPSA) is 82.1 Å². The van der Waals surface area contributed by atoms with Gasteiger partial charge >= 0.3 is 5.97 Å². The van der Waals surface area contributed by atoms with Crippen LogP contribution in [0.3, 0.4) is 0 Å². The second-order valence-electron chi connectivity index (χ2n) is 4.59. The molecule has 1 aliphatic heterocycles. The van der Waals surface area contributed by atoms with Crippen molar-refractivity contribution in [1.29, 1.82) is 0 Å². The Kier molecular flexibility index (Phi) is 5.03. The number of hydrogen-bond acceptors (Lipinski definition) is 6. The quantitative estimate of drug-likeness (QED) is 0.639. The van der Waals surface area contributed by atoms with Gasteiger partial charge in [-0.25, -0.2) is 0 Å². The standard InChI is InChI=1S/C15H18O6/c1-2-19-14(18)4-3-6-20-10-8-12(17)15-11(16)5-7-21-13(15)9-10/h8-9,17H,2-7H2,1H3. The van der Waals surface area contributed by atoms with Crippen LogP contribution in [0.25, 0.3) is 0 Å². The summed E-state index contributed by atoms with van der Waals surface area (Å²) in [6.07, 6.45) is 1.05. The number of hydrogen-bond donors (Lipinski definition) is 1. The summed E-state index contributed by atoms with van der Waals surface area (Å²) < 4.78 is 15.6. The Morgan fingerprint density at radius 2 is 2.24 bits per heavy atom. The maximum Gasteiger partial charge on any atom is 0.305 e. The fourth-order valence-corrected chi connectivity index (χ4v) is 2.07. The molecule has 1 aliphatic rings. The smallest absolute Gasteiger partial charge is 0.305 e. The van der Waals surface area contributed by atoms with Crippen LogP contribution in [0.1, 0.15) is 36.5 Å². The molecule has 1 N–H and O–H groups in total. The van der Waals surface area contributed by atoms with Crippen molar-refractivity contribution in [3.63, 3.8) is 0 Å². The van der Waals surface area contributed by atoms with E-state index in [0.717, 1.165) is 0 Å². The van der Waals surface area contributed by atoms with E-state index >= 15 is 0 Å². The summed E-state index contributed by atoms with van der Waals surface area (Å²) in [6, 6.07) is 2.96. The SMILES string of the molecule is CCOC(=O)CCCOc1cc(O)c2c(c1)OCCC2=O. The molecule has 0 radical (unpaired) electrons. The summed E-state index contributed by atoms with van der Waals surface area (Å²) in [6.45, 7) is 2.73. The Morgan fingerprint density at radius 3 is 3.00 bits per heavy atom. The van der Waals surface area contributed by atoms with Crippen molar-refractivity contribution in [3.8, 4) is 17.2 Å². The molecule has 0 aromatic heterocycles. The molecular formula is C15H18O6. The number of phenolic OH excluding ortho intramolecular Hbond substituents is 1. The van der Waals surface area contributed by atoms with Gasteiger partial charge in [-0.05, 0) is 13.3 Å². The molecule has 0 amide bonds. The van der Waals surface area contributed by atoms with Gasteiger partial charge < -0.3 is 19.3 Å². The highest BCUT2D eigenvalue weighted by Crippen LogP contribution is 2.36. The number of esters is 1. The van der Waals surface area contributed by atoms with E-state index in [1.165, 1.54) is 6.07 Å². The zero-order chi connectivity index (χ0) is 15.2. The number of ether oxygens (including phenoxy) is 3. The van der Waals surface area contributed by atoms with Gasteiger partial charge in [-0.1, -0.05) is 0 Å². The second kappa shape index (κ2) is 6.97. The van der Waals surface area contributed by atoms with Crippen LogP contribution in [-0.2, 0) is 9.53 Å². The third-order valence-electron chi connectivity index (χ3n) is 3.02. The molecule has 0 unspecified atom stereocenters. The third-order valence-corrected chi connectivity index (χ3v) is 3.02. The van der Waals surface area contributed by atoms with Gasteiger partial charge in [-0.15, -0.1) is 0 Å². The molecule has 6 nitrogen and oxygen atoms in total. The van der Waals surface area contributed by atoms with E-state index in [2.05, 4.69) is 0 Å². The molecule has 0 fully saturated rings. The average molecular weight is 294 g/mol. The highest BCUT2D eigenvalue weighted by Gasteiger charge is 2.23. The van der Waals surface area contributed by atoms with Crippen LogP contribution >= 0.6 is 0 Å². The number of rotatable bonds is 6. The van der Waals surface area contributed by atoms with E-state index in [1.54, 1.807) is 13.0 Å². The predicted molar refractivity (Wildman–Crippen MR) is 73.9 cm³/mol. The molecule has 0 spiro atoms. The number of phenols is 1. The molecule has 0 aliphatic carbocycles. The van der Waals surface area contributed by atoms with Crippen LogP contribution in [0.2, 0.25) is 0 Å². The first kappa shape index (κ1) is 15.2. The number of ketones is 1. The molecule has 1 heterocycles. The summed E-state index contributed by atoms with van der Waals surface area (Å²) in [5.41, 5.74) is 0.208. The predicted octanol–water partition coefficient (Wildman–Crippen LogP) is 2.08. The summed E-state index contributed by atoms with van der Waals surface area (Å²) in [7, 11) is 0.